The van der Waals surface area contributed by atoms with Gasteiger partial charge in [0.2, 0.25) is 0 Å². The van der Waals surface area contributed by atoms with Crippen molar-refractivity contribution >= 4 is 5.97 Å². The summed E-state index contributed by atoms with van der Waals surface area (Å²) in [5, 5.41) is 9.21. The fourth-order valence-electron chi connectivity index (χ4n) is 2.03. The molecule has 14 heavy (non-hydrogen) atoms. The first-order valence-corrected chi connectivity index (χ1v) is 4.97. The van der Waals surface area contributed by atoms with Crippen LogP contribution in [0.25, 0.3) is 0 Å². The van der Waals surface area contributed by atoms with E-state index in [0.29, 0.717) is 26.1 Å². The molecule has 4 heteroatoms. The number of ether oxygens (including phenoxy) is 2. The van der Waals surface area contributed by atoms with Crippen molar-refractivity contribution in [3.8, 4) is 0 Å². The van der Waals surface area contributed by atoms with Crippen molar-refractivity contribution in [2.75, 3.05) is 20.3 Å². The number of carbonyl (C=O) groups is 1. The second-order valence-corrected chi connectivity index (χ2v) is 3.82. The molecule has 1 rings (SSSR count). The van der Waals surface area contributed by atoms with Gasteiger partial charge in [-0.25, -0.2) is 0 Å². The SMILES string of the molecule is COCCCC1(C(=O)O)CCOC1C. The summed E-state index contributed by atoms with van der Waals surface area (Å²) in [5.74, 6) is -0.737. The Bertz CT molecular complexity index is 204. The highest BCUT2D eigenvalue weighted by Gasteiger charge is 2.47. The van der Waals surface area contributed by atoms with Crippen LogP contribution in [0.4, 0.5) is 0 Å². The normalized spacial score (nSPS) is 32.0. The zero-order chi connectivity index (χ0) is 10.6. The van der Waals surface area contributed by atoms with Crippen LogP contribution in [0.1, 0.15) is 26.2 Å². The predicted molar refractivity (Wildman–Crippen MR) is 51.2 cm³/mol. The van der Waals surface area contributed by atoms with Crippen molar-refractivity contribution in [1.29, 1.82) is 0 Å². The molecular formula is C10H18O4. The van der Waals surface area contributed by atoms with Gasteiger partial charge in [0.15, 0.2) is 0 Å². The summed E-state index contributed by atoms with van der Waals surface area (Å²) in [6.07, 6.45) is 1.85. The van der Waals surface area contributed by atoms with Crippen molar-refractivity contribution < 1.29 is 19.4 Å². The largest absolute Gasteiger partial charge is 0.481 e. The van der Waals surface area contributed by atoms with E-state index < -0.39 is 11.4 Å². The fourth-order valence-corrected chi connectivity index (χ4v) is 2.03. The maximum atomic E-state index is 11.2. The minimum atomic E-state index is -0.737. The third-order valence-corrected chi connectivity index (χ3v) is 3.09. The van der Waals surface area contributed by atoms with Gasteiger partial charge in [0.1, 0.15) is 0 Å². The lowest BCUT2D eigenvalue weighted by Crippen LogP contribution is -2.37. The van der Waals surface area contributed by atoms with E-state index in [0.717, 1.165) is 6.42 Å². The van der Waals surface area contributed by atoms with E-state index >= 15 is 0 Å². The summed E-state index contributed by atoms with van der Waals surface area (Å²) in [6, 6.07) is 0. The molecule has 0 radical (unpaired) electrons. The van der Waals surface area contributed by atoms with Gasteiger partial charge in [-0.15, -0.1) is 0 Å². The second kappa shape index (κ2) is 4.75. The van der Waals surface area contributed by atoms with Gasteiger partial charge in [0.25, 0.3) is 0 Å². The molecule has 1 aliphatic heterocycles. The lowest BCUT2D eigenvalue weighted by molar-refractivity contribution is -0.152. The van der Waals surface area contributed by atoms with Gasteiger partial charge in [-0.3, -0.25) is 4.79 Å². The molecule has 0 aromatic heterocycles. The minimum absolute atomic E-state index is 0.183. The summed E-state index contributed by atoms with van der Waals surface area (Å²) in [6.45, 7) is 3.01. The van der Waals surface area contributed by atoms with Crippen LogP contribution >= 0.6 is 0 Å². The summed E-state index contributed by atoms with van der Waals surface area (Å²) in [4.78, 5) is 11.2. The van der Waals surface area contributed by atoms with Crippen molar-refractivity contribution in [3.63, 3.8) is 0 Å². The molecule has 0 saturated carbocycles. The van der Waals surface area contributed by atoms with E-state index in [1.165, 1.54) is 0 Å². The highest BCUT2D eigenvalue weighted by atomic mass is 16.5. The van der Waals surface area contributed by atoms with Gasteiger partial charge in [-0.05, 0) is 26.2 Å². The summed E-state index contributed by atoms with van der Waals surface area (Å²) < 4.78 is 10.3. The Labute approximate surface area is 84.2 Å². The number of carboxylic acid groups (broad SMARTS) is 1. The molecule has 0 amide bonds. The Balaban J connectivity index is 2.58. The topological polar surface area (TPSA) is 55.8 Å². The second-order valence-electron chi connectivity index (χ2n) is 3.82. The third-order valence-electron chi connectivity index (χ3n) is 3.09. The quantitative estimate of drug-likeness (QED) is 0.682. The standard InChI is InChI=1S/C10H18O4/c1-8-10(9(11)12,5-7-14-8)4-3-6-13-2/h8H,3-7H2,1-2H3,(H,11,12). The van der Waals surface area contributed by atoms with Gasteiger partial charge in [0.05, 0.1) is 11.5 Å². The maximum Gasteiger partial charge on any atom is 0.312 e. The molecule has 0 aliphatic carbocycles. The molecule has 1 fully saturated rings. The van der Waals surface area contributed by atoms with Crippen LogP contribution in [-0.2, 0) is 14.3 Å². The first-order valence-electron chi connectivity index (χ1n) is 4.97. The smallest absolute Gasteiger partial charge is 0.312 e. The molecule has 1 aliphatic rings. The average molecular weight is 202 g/mol. The Kier molecular flexibility index (Phi) is 3.89. The molecule has 1 N–H and O–H groups in total. The van der Waals surface area contributed by atoms with Gasteiger partial charge in [0, 0.05) is 20.3 Å². The molecule has 1 saturated heterocycles. The highest BCUT2D eigenvalue weighted by molar-refractivity contribution is 5.75. The highest BCUT2D eigenvalue weighted by Crippen LogP contribution is 2.39. The summed E-state index contributed by atoms with van der Waals surface area (Å²) >= 11 is 0. The molecule has 2 unspecified atom stereocenters. The molecule has 0 aromatic carbocycles. The van der Waals surface area contributed by atoms with Crippen LogP contribution in [0.5, 0.6) is 0 Å². The zero-order valence-electron chi connectivity index (χ0n) is 8.78. The molecule has 0 spiro atoms. The van der Waals surface area contributed by atoms with Crippen LogP contribution in [-0.4, -0.2) is 37.5 Å². The van der Waals surface area contributed by atoms with Crippen LogP contribution in [0.2, 0.25) is 0 Å². The maximum absolute atomic E-state index is 11.2. The van der Waals surface area contributed by atoms with Crippen molar-refractivity contribution in [1.82, 2.24) is 0 Å². The first kappa shape index (κ1) is 11.5. The fraction of sp³-hybridized carbons (Fsp3) is 0.900. The molecule has 0 aromatic rings. The van der Waals surface area contributed by atoms with E-state index in [-0.39, 0.29) is 6.10 Å². The molecule has 0 bridgehead atoms. The van der Waals surface area contributed by atoms with Crippen molar-refractivity contribution in [3.05, 3.63) is 0 Å². The Morgan fingerprint density at radius 1 is 1.71 bits per heavy atom. The number of hydrogen-bond donors (Lipinski definition) is 1. The van der Waals surface area contributed by atoms with Gasteiger partial charge in [-0.2, -0.15) is 0 Å². The third kappa shape index (κ3) is 2.07. The molecular weight excluding hydrogens is 184 g/mol. The lowest BCUT2D eigenvalue weighted by atomic mass is 9.78. The van der Waals surface area contributed by atoms with E-state index in [4.69, 9.17) is 9.47 Å². The minimum Gasteiger partial charge on any atom is -0.481 e. The molecule has 1 heterocycles. The lowest BCUT2D eigenvalue weighted by Gasteiger charge is -2.27. The molecule has 82 valence electrons. The van der Waals surface area contributed by atoms with E-state index in [9.17, 15) is 9.90 Å². The summed E-state index contributed by atoms with van der Waals surface area (Å²) in [5.41, 5.74) is -0.682. The molecule has 2 atom stereocenters. The number of hydrogen-bond acceptors (Lipinski definition) is 3. The zero-order valence-corrected chi connectivity index (χ0v) is 8.78. The Morgan fingerprint density at radius 3 is 2.86 bits per heavy atom. The van der Waals surface area contributed by atoms with Crippen LogP contribution < -0.4 is 0 Å². The van der Waals surface area contributed by atoms with Crippen molar-refractivity contribution in [2.45, 2.75) is 32.3 Å². The number of rotatable bonds is 5. The van der Waals surface area contributed by atoms with Crippen LogP contribution in [0, 0.1) is 5.41 Å². The number of methoxy groups -OCH3 is 1. The van der Waals surface area contributed by atoms with E-state index in [2.05, 4.69) is 0 Å². The van der Waals surface area contributed by atoms with Crippen molar-refractivity contribution in [2.24, 2.45) is 5.41 Å². The van der Waals surface area contributed by atoms with E-state index in [1.807, 2.05) is 6.92 Å². The van der Waals surface area contributed by atoms with Gasteiger partial charge in [-0.1, -0.05) is 0 Å². The first-order chi connectivity index (χ1) is 6.63. The number of aliphatic carboxylic acids is 1. The molecule has 4 nitrogen and oxygen atoms in total. The van der Waals surface area contributed by atoms with E-state index in [1.54, 1.807) is 7.11 Å². The van der Waals surface area contributed by atoms with Gasteiger partial charge >= 0.3 is 5.97 Å². The monoisotopic (exact) mass is 202 g/mol. The summed E-state index contributed by atoms with van der Waals surface area (Å²) in [7, 11) is 1.63. The predicted octanol–water partition coefficient (Wildman–Crippen LogP) is 1.29. The number of carboxylic acids is 1. The van der Waals surface area contributed by atoms with Crippen LogP contribution in [0.3, 0.4) is 0 Å². The Morgan fingerprint density at radius 2 is 2.43 bits per heavy atom. The Hall–Kier alpha value is -0.610. The average Bonchev–Trinajstić information content (AvgIpc) is 2.49. The van der Waals surface area contributed by atoms with Gasteiger partial charge < -0.3 is 14.6 Å². The van der Waals surface area contributed by atoms with Crippen LogP contribution in [0.15, 0.2) is 0 Å².